The van der Waals surface area contributed by atoms with Crippen LogP contribution in [0.4, 0.5) is 5.69 Å². The zero-order chi connectivity index (χ0) is 11.1. The second kappa shape index (κ2) is 3.21. The number of imidazole rings is 1. The molecule has 1 aromatic carbocycles. The van der Waals surface area contributed by atoms with Crippen LogP contribution < -0.4 is 5.73 Å². The Morgan fingerprint density at radius 2 is 2.19 bits per heavy atom. The lowest BCUT2D eigenvalue weighted by molar-refractivity contribution is 0.313. The maximum Gasteiger partial charge on any atom is 0.243 e. The molecule has 0 bridgehead atoms. The molecule has 3 N–H and O–H groups in total. The van der Waals surface area contributed by atoms with Crippen LogP contribution in [0.15, 0.2) is 22.8 Å². The van der Waals surface area contributed by atoms with Gasteiger partial charge in [-0.25, -0.2) is 9.61 Å². The summed E-state index contributed by atoms with van der Waals surface area (Å²) in [6.45, 7) is 0. The van der Waals surface area contributed by atoms with E-state index in [0.717, 1.165) is 0 Å². The number of hydrogen-bond donors (Lipinski definition) is 2. The fourth-order valence-electron chi connectivity index (χ4n) is 1.43. The fraction of sp³-hybridized carbons (Fsp3) is 0. The number of nitrogens with zero attached hydrogens (tertiary/aromatic N) is 3. The summed E-state index contributed by atoms with van der Waals surface area (Å²) in [7, 11) is 0. The molecule has 16 heavy (non-hydrogen) atoms. The SMILES string of the molecule is Nc1ccc(Cl)c(-c2nc3nonc3[nH]2)c1. The molecular weight excluding hydrogens is 230 g/mol. The fourth-order valence-corrected chi connectivity index (χ4v) is 1.64. The number of hydrogen-bond acceptors (Lipinski definition) is 5. The molecule has 2 aromatic heterocycles. The van der Waals surface area contributed by atoms with Crippen molar-refractivity contribution in [2.24, 2.45) is 0 Å². The second-order valence-corrected chi connectivity index (χ2v) is 3.67. The van der Waals surface area contributed by atoms with Crippen LogP contribution in [-0.2, 0) is 0 Å². The van der Waals surface area contributed by atoms with Crippen molar-refractivity contribution in [1.29, 1.82) is 0 Å². The summed E-state index contributed by atoms with van der Waals surface area (Å²) in [6.07, 6.45) is 0. The minimum absolute atomic E-state index is 0.411. The van der Waals surface area contributed by atoms with E-state index >= 15 is 0 Å². The van der Waals surface area contributed by atoms with Gasteiger partial charge in [-0.15, -0.1) is 0 Å². The molecule has 0 spiro atoms. The van der Waals surface area contributed by atoms with Crippen LogP contribution in [-0.4, -0.2) is 20.3 Å². The summed E-state index contributed by atoms with van der Waals surface area (Å²) in [5, 5.41) is 7.81. The molecule has 6 nitrogen and oxygen atoms in total. The smallest absolute Gasteiger partial charge is 0.243 e. The lowest BCUT2D eigenvalue weighted by atomic mass is 10.2. The van der Waals surface area contributed by atoms with E-state index in [1.54, 1.807) is 18.2 Å². The quantitative estimate of drug-likeness (QED) is 0.628. The summed E-state index contributed by atoms with van der Waals surface area (Å²) in [4.78, 5) is 7.12. The zero-order valence-electron chi connectivity index (χ0n) is 7.94. The molecule has 7 heteroatoms. The number of benzene rings is 1. The average molecular weight is 236 g/mol. The molecule has 80 valence electrons. The first kappa shape index (κ1) is 9.17. The van der Waals surface area contributed by atoms with Gasteiger partial charge in [0.15, 0.2) is 0 Å². The van der Waals surface area contributed by atoms with Gasteiger partial charge in [-0.05, 0) is 28.5 Å². The number of halogens is 1. The van der Waals surface area contributed by atoms with Crippen LogP contribution in [0, 0.1) is 0 Å². The molecule has 2 heterocycles. The van der Waals surface area contributed by atoms with Gasteiger partial charge >= 0.3 is 0 Å². The number of fused-ring (bicyclic) bond motifs is 1. The van der Waals surface area contributed by atoms with Crippen molar-refractivity contribution in [3.63, 3.8) is 0 Å². The summed E-state index contributed by atoms with van der Waals surface area (Å²) in [5.41, 5.74) is 7.90. The van der Waals surface area contributed by atoms with Gasteiger partial charge in [0, 0.05) is 11.3 Å². The molecule has 0 radical (unpaired) electrons. The molecule has 0 aliphatic heterocycles. The van der Waals surface area contributed by atoms with Gasteiger partial charge in [0.05, 0.1) is 5.02 Å². The Morgan fingerprint density at radius 3 is 3.00 bits per heavy atom. The third-order valence-corrected chi connectivity index (χ3v) is 2.50. The lowest BCUT2D eigenvalue weighted by Gasteiger charge is -2.01. The summed E-state index contributed by atoms with van der Waals surface area (Å²) in [5.74, 6) is 0.568. The van der Waals surface area contributed by atoms with Gasteiger partial charge in [0.25, 0.3) is 0 Å². The van der Waals surface area contributed by atoms with E-state index in [2.05, 4.69) is 24.9 Å². The van der Waals surface area contributed by atoms with E-state index < -0.39 is 0 Å². The minimum atomic E-state index is 0.411. The van der Waals surface area contributed by atoms with Crippen molar-refractivity contribution in [1.82, 2.24) is 20.3 Å². The predicted octanol–water partition coefficient (Wildman–Crippen LogP) is 1.85. The Bertz CT molecular complexity index is 630. The van der Waals surface area contributed by atoms with E-state index in [1.165, 1.54) is 0 Å². The Labute approximate surface area is 94.4 Å². The van der Waals surface area contributed by atoms with Crippen molar-refractivity contribution in [3.8, 4) is 11.4 Å². The van der Waals surface area contributed by atoms with Crippen LogP contribution in [0.5, 0.6) is 0 Å². The largest absolute Gasteiger partial charge is 0.399 e. The maximum atomic E-state index is 6.05. The van der Waals surface area contributed by atoms with Crippen LogP contribution in [0.1, 0.15) is 0 Å². The van der Waals surface area contributed by atoms with E-state index in [0.29, 0.717) is 33.4 Å². The van der Waals surface area contributed by atoms with Crippen LogP contribution >= 0.6 is 11.6 Å². The molecule has 0 saturated carbocycles. The number of nitrogens with two attached hydrogens (primary N) is 1. The number of aromatic nitrogens is 4. The second-order valence-electron chi connectivity index (χ2n) is 3.26. The van der Waals surface area contributed by atoms with Gasteiger partial charge in [0.1, 0.15) is 5.82 Å². The highest BCUT2D eigenvalue weighted by atomic mass is 35.5. The topological polar surface area (TPSA) is 93.6 Å². The van der Waals surface area contributed by atoms with Gasteiger partial charge in [-0.3, -0.25) is 0 Å². The first-order chi connectivity index (χ1) is 7.74. The normalized spacial score (nSPS) is 11.1. The highest BCUT2D eigenvalue weighted by Gasteiger charge is 2.12. The summed E-state index contributed by atoms with van der Waals surface area (Å²) < 4.78 is 4.50. The molecule has 0 unspecified atom stereocenters. The maximum absolute atomic E-state index is 6.05. The number of nitrogens with one attached hydrogen (secondary N) is 1. The van der Waals surface area contributed by atoms with Gasteiger partial charge in [0.2, 0.25) is 11.3 Å². The number of nitrogen functional groups attached to an aromatic ring is 1. The summed E-state index contributed by atoms with van der Waals surface area (Å²) >= 11 is 6.05. The average Bonchev–Trinajstić information content (AvgIpc) is 2.81. The molecular formula is C9H6ClN5O. The van der Waals surface area contributed by atoms with Crippen molar-refractivity contribution in [3.05, 3.63) is 23.2 Å². The van der Waals surface area contributed by atoms with Gasteiger partial charge in [-0.2, -0.15) is 0 Å². The standard InChI is InChI=1S/C9H6ClN5O/c10-6-2-1-4(11)3-5(6)7-12-8-9(13-7)15-16-14-8/h1-3H,11H2,(H,12,13,14,15). The summed E-state index contributed by atoms with van der Waals surface area (Å²) in [6, 6.07) is 5.17. The number of H-pyrrole nitrogens is 1. The molecule has 3 rings (SSSR count). The number of aromatic amines is 1. The highest BCUT2D eigenvalue weighted by molar-refractivity contribution is 6.33. The number of rotatable bonds is 1. The molecule has 0 fully saturated rings. The monoisotopic (exact) mass is 235 g/mol. The third kappa shape index (κ3) is 1.31. The van der Waals surface area contributed by atoms with Crippen LogP contribution in [0.3, 0.4) is 0 Å². The minimum Gasteiger partial charge on any atom is -0.399 e. The molecule has 0 atom stereocenters. The van der Waals surface area contributed by atoms with Gasteiger partial charge in [-0.1, -0.05) is 11.6 Å². The molecule has 0 aliphatic carbocycles. The van der Waals surface area contributed by atoms with Crippen molar-refractivity contribution < 1.29 is 4.63 Å². The van der Waals surface area contributed by atoms with Crippen molar-refractivity contribution >= 4 is 28.6 Å². The Hall–Kier alpha value is -2.08. The van der Waals surface area contributed by atoms with Crippen LogP contribution in [0.2, 0.25) is 5.02 Å². The van der Waals surface area contributed by atoms with E-state index in [9.17, 15) is 0 Å². The Morgan fingerprint density at radius 1 is 1.31 bits per heavy atom. The Kier molecular flexibility index (Phi) is 1.84. The third-order valence-electron chi connectivity index (χ3n) is 2.17. The molecule has 0 amide bonds. The Balaban J connectivity index is 2.22. The van der Waals surface area contributed by atoms with E-state index in [4.69, 9.17) is 17.3 Å². The molecule has 0 aliphatic rings. The molecule has 0 saturated heterocycles. The first-order valence-electron chi connectivity index (χ1n) is 4.48. The van der Waals surface area contributed by atoms with Crippen molar-refractivity contribution in [2.75, 3.05) is 5.73 Å². The van der Waals surface area contributed by atoms with Crippen molar-refractivity contribution in [2.45, 2.75) is 0 Å². The predicted molar refractivity (Wildman–Crippen MR) is 58.8 cm³/mol. The number of anilines is 1. The van der Waals surface area contributed by atoms with Crippen LogP contribution in [0.25, 0.3) is 22.7 Å². The highest BCUT2D eigenvalue weighted by Crippen LogP contribution is 2.28. The lowest BCUT2D eigenvalue weighted by Crippen LogP contribution is -1.88. The zero-order valence-corrected chi connectivity index (χ0v) is 8.69. The van der Waals surface area contributed by atoms with E-state index in [-0.39, 0.29) is 0 Å². The molecule has 3 aromatic rings. The van der Waals surface area contributed by atoms with Gasteiger partial charge < -0.3 is 10.7 Å². The van der Waals surface area contributed by atoms with E-state index in [1.807, 2.05) is 0 Å². The first-order valence-corrected chi connectivity index (χ1v) is 4.85.